The number of aliphatic carboxylic acids is 1. The average Bonchev–Trinajstić information content (AvgIpc) is 2.83. The number of hydrogen-bond donors (Lipinski definition) is 2. The predicted octanol–water partition coefficient (Wildman–Crippen LogP) is 0.785. The van der Waals surface area contributed by atoms with Gasteiger partial charge in [-0.1, -0.05) is 6.08 Å². The van der Waals surface area contributed by atoms with Crippen molar-refractivity contribution in [2.75, 3.05) is 13.2 Å². The monoisotopic (exact) mass is 241 g/mol. The summed E-state index contributed by atoms with van der Waals surface area (Å²) < 4.78 is 5.34. The van der Waals surface area contributed by atoms with Crippen LogP contribution in [-0.4, -0.2) is 52.5 Å². The maximum absolute atomic E-state index is 11.0. The van der Waals surface area contributed by atoms with E-state index in [4.69, 9.17) is 14.9 Å². The topological polar surface area (TPSA) is 87.1 Å². The first-order valence-electron chi connectivity index (χ1n) is 5.44. The Kier molecular flexibility index (Phi) is 2.82. The van der Waals surface area contributed by atoms with Crippen LogP contribution in [0.15, 0.2) is 12.7 Å². The first kappa shape index (κ1) is 11.9. The van der Waals surface area contributed by atoms with E-state index in [2.05, 4.69) is 6.58 Å². The van der Waals surface area contributed by atoms with E-state index in [1.807, 2.05) is 0 Å². The summed E-state index contributed by atoms with van der Waals surface area (Å²) in [5.41, 5.74) is -0.287. The summed E-state index contributed by atoms with van der Waals surface area (Å²) >= 11 is 0. The third kappa shape index (κ3) is 1.88. The Balaban J connectivity index is 2.04. The van der Waals surface area contributed by atoms with E-state index in [0.29, 0.717) is 26.1 Å². The Hall–Kier alpha value is -1.56. The van der Waals surface area contributed by atoms with Gasteiger partial charge in [0.1, 0.15) is 6.04 Å². The highest BCUT2D eigenvalue weighted by Crippen LogP contribution is 2.59. The summed E-state index contributed by atoms with van der Waals surface area (Å²) in [6.07, 6.45) is 1.49. The summed E-state index contributed by atoms with van der Waals surface area (Å²) in [6.45, 7) is 4.33. The molecule has 94 valence electrons. The molecule has 1 aliphatic carbocycles. The van der Waals surface area contributed by atoms with Gasteiger partial charge in [0.15, 0.2) is 0 Å². The van der Waals surface area contributed by atoms with Crippen molar-refractivity contribution in [3.05, 3.63) is 12.7 Å². The number of nitrogens with zero attached hydrogens (tertiary/aromatic N) is 1. The minimum Gasteiger partial charge on any atom is -0.480 e. The van der Waals surface area contributed by atoms with Gasteiger partial charge in [-0.25, -0.2) is 9.59 Å². The van der Waals surface area contributed by atoms with Gasteiger partial charge in [0.2, 0.25) is 0 Å². The quantitative estimate of drug-likeness (QED) is 0.548. The second-order valence-corrected chi connectivity index (χ2v) is 4.63. The number of rotatable bonds is 5. The minimum absolute atomic E-state index is 0.203. The van der Waals surface area contributed by atoms with Crippen molar-refractivity contribution < 1.29 is 24.5 Å². The van der Waals surface area contributed by atoms with Crippen molar-refractivity contribution in [1.82, 2.24) is 4.90 Å². The fourth-order valence-corrected chi connectivity index (χ4v) is 2.67. The molecule has 2 rings (SSSR count). The van der Waals surface area contributed by atoms with Gasteiger partial charge in [0.25, 0.3) is 0 Å². The van der Waals surface area contributed by atoms with Gasteiger partial charge in [-0.15, -0.1) is 6.58 Å². The van der Waals surface area contributed by atoms with Crippen LogP contribution in [-0.2, 0) is 9.53 Å². The lowest BCUT2D eigenvalue weighted by atomic mass is 10.0. The third-order valence-electron chi connectivity index (χ3n) is 3.55. The first-order chi connectivity index (χ1) is 8.02. The van der Waals surface area contributed by atoms with Crippen molar-refractivity contribution in [3.8, 4) is 0 Å². The third-order valence-corrected chi connectivity index (χ3v) is 3.55. The SMILES string of the molecule is C=CCOC[C@@]12C[C@@H](C(=O)O)N(C(=O)O)[C@@H]1C2. The van der Waals surface area contributed by atoms with Crippen LogP contribution in [0, 0.1) is 5.41 Å². The molecule has 1 heterocycles. The normalized spacial score (nSPS) is 34.2. The Bertz CT molecular complexity index is 369. The highest BCUT2D eigenvalue weighted by Gasteiger charge is 2.67. The second kappa shape index (κ2) is 4.03. The lowest BCUT2D eigenvalue weighted by molar-refractivity contribution is -0.142. The Morgan fingerprint density at radius 3 is 2.65 bits per heavy atom. The molecule has 1 saturated carbocycles. The van der Waals surface area contributed by atoms with Crippen LogP contribution < -0.4 is 0 Å². The molecule has 3 atom stereocenters. The molecule has 0 radical (unpaired) electrons. The second-order valence-electron chi connectivity index (χ2n) is 4.63. The number of likely N-dealkylation sites (tertiary alicyclic amines) is 1. The van der Waals surface area contributed by atoms with E-state index in [1.54, 1.807) is 6.08 Å². The zero-order chi connectivity index (χ0) is 12.6. The summed E-state index contributed by atoms with van der Waals surface area (Å²) in [5.74, 6) is -1.08. The number of carbonyl (C=O) groups is 2. The first-order valence-corrected chi connectivity index (χ1v) is 5.44. The number of carboxylic acids is 1. The molecule has 0 aromatic heterocycles. The fourth-order valence-electron chi connectivity index (χ4n) is 2.67. The van der Waals surface area contributed by atoms with Gasteiger partial charge in [-0.2, -0.15) is 0 Å². The number of carboxylic acid groups (broad SMARTS) is 2. The summed E-state index contributed by atoms with van der Waals surface area (Å²) in [5, 5.41) is 18.0. The fraction of sp³-hybridized carbons (Fsp3) is 0.636. The lowest BCUT2D eigenvalue weighted by Gasteiger charge is -2.20. The Morgan fingerprint density at radius 2 is 2.18 bits per heavy atom. The maximum atomic E-state index is 11.0. The van der Waals surface area contributed by atoms with Crippen LogP contribution in [0.1, 0.15) is 12.8 Å². The summed E-state index contributed by atoms with van der Waals surface area (Å²) in [7, 11) is 0. The van der Waals surface area contributed by atoms with Crippen LogP contribution >= 0.6 is 0 Å². The van der Waals surface area contributed by atoms with Gasteiger partial charge >= 0.3 is 12.1 Å². The molecule has 6 nitrogen and oxygen atoms in total. The van der Waals surface area contributed by atoms with Crippen LogP contribution in [0.3, 0.4) is 0 Å². The van der Waals surface area contributed by atoms with Crippen LogP contribution in [0.25, 0.3) is 0 Å². The predicted molar refractivity (Wildman–Crippen MR) is 57.8 cm³/mol. The standard InChI is InChI=1S/C11H15NO5/c1-2-3-17-6-11-4-7(9(13)14)12(10(15)16)8(11)5-11/h2,7-8H,1,3-6H2,(H,13,14)(H,15,16)/t7-,8+,11-/m0/s1. The molecular weight excluding hydrogens is 226 g/mol. The summed E-state index contributed by atoms with van der Waals surface area (Å²) in [4.78, 5) is 23.1. The molecule has 1 aliphatic heterocycles. The minimum atomic E-state index is -1.16. The highest BCUT2D eigenvalue weighted by molar-refractivity contribution is 5.81. The zero-order valence-electron chi connectivity index (χ0n) is 9.33. The molecule has 0 spiro atoms. The number of amides is 1. The largest absolute Gasteiger partial charge is 0.480 e. The molecule has 0 aromatic carbocycles. The molecule has 0 aromatic rings. The van der Waals surface area contributed by atoms with Crippen molar-refractivity contribution in [2.45, 2.75) is 24.9 Å². The number of hydrogen-bond acceptors (Lipinski definition) is 3. The van der Waals surface area contributed by atoms with E-state index in [-0.39, 0.29) is 11.5 Å². The van der Waals surface area contributed by atoms with Crippen molar-refractivity contribution in [3.63, 3.8) is 0 Å². The van der Waals surface area contributed by atoms with Gasteiger partial charge in [-0.3, -0.25) is 4.90 Å². The van der Waals surface area contributed by atoms with Crippen LogP contribution in [0.2, 0.25) is 0 Å². The molecule has 2 N–H and O–H groups in total. The molecule has 6 heteroatoms. The van der Waals surface area contributed by atoms with Crippen molar-refractivity contribution in [1.29, 1.82) is 0 Å². The zero-order valence-corrected chi connectivity index (χ0v) is 9.33. The molecule has 2 aliphatic rings. The number of fused-ring (bicyclic) bond motifs is 1. The molecule has 1 amide bonds. The van der Waals surface area contributed by atoms with Gasteiger partial charge in [0.05, 0.1) is 13.2 Å². The van der Waals surface area contributed by atoms with E-state index in [1.165, 1.54) is 0 Å². The van der Waals surface area contributed by atoms with Crippen LogP contribution in [0.5, 0.6) is 0 Å². The molecule has 0 unspecified atom stereocenters. The van der Waals surface area contributed by atoms with Crippen LogP contribution in [0.4, 0.5) is 4.79 Å². The van der Waals surface area contributed by atoms with E-state index in [9.17, 15) is 9.59 Å². The van der Waals surface area contributed by atoms with E-state index >= 15 is 0 Å². The van der Waals surface area contributed by atoms with Gasteiger partial charge in [-0.05, 0) is 12.8 Å². The molecule has 2 fully saturated rings. The molecule has 0 bridgehead atoms. The Labute approximate surface area is 98.5 Å². The van der Waals surface area contributed by atoms with E-state index in [0.717, 1.165) is 4.90 Å². The summed E-state index contributed by atoms with van der Waals surface area (Å²) in [6, 6.07) is -1.13. The van der Waals surface area contributed by atoms with Crippen molar-refractivity contribution >= 4 is 12.1 Å². The van der Waals surface area contributed by atoms with Gasteiger partial charge in [0, 0.05) is 11.5 Å². The average molecular weight is 241 g/mol. The lowest BCUT2D eigenvalue weighted by Crippen LogP contribution is -2.42. The Morgan fingerprint density at radius 1 is 1.47 bits per heavy atom. The highest BCUT2D eigenvalue weighted by atomic mass is 16.5. The number of piperidine rings is 1. The van der Waals surface area contributed by atoms with Crippen molar-refractivity contribution in [2.24, 2.45) is 5.41 Å². The number of ether oxygens (including phenoxy) is 1. The smallest absolute Gasteiger partial charge is 0.408 e. The molecule has 17 heavy (non-hydrogen) atoms. The maximum Gasteiger partial charge on any atom is 0.408 e. The van der Waals surface area contributed by atoms with Gasteiger partial charge < -0.3 is 14.9 Å². The molecule has 1 saturated heterocycles. The molecular formula is C11H15NO5. The van der Waals surface area contributed by atoms with E-state index < -0.39 is 18.1 Å².